The zero-order valence-corrected chi connectivity index (χ0v) is 13.9. The molecule has 0 aromatic heterocycles. The minimum atomic E-state index is -0.712. The van der Waals surface area contributed by atoms with Crippen LogP contribution in [0.2, 0.25) is 0 Å². The Labute approximate surface area is 133 Å². The molecule has 1 aliphatic carbocycles. The van der Waals surface area contributed by atoms with Gasteiger partial charge in [-0.1, -0.05) is 26.7 Å². The van der Waals surface area contributed by atoms with Crippen LogP contribution in [0.25, 0.3) is 0 Å². The number of likely N-dealkylation sites (tertiary alicyclic amines) is 1. The van der Waals surface area contributed by atoms with Crippen LogP contribution in [-0.2, 0) is 9.59 Å². The normalized spacial score (nSPS) is 25.8. The molecule has 2 unspecified atom stereocenters. The third-order valence-corrected chi connectivity index (χ3v) is 5.26. The summed E-state index contributed by atoms with van der Waals surface area (Å²) in [6.45, 7) is 5.59. The molecule has 2 aliphatic rings. The second-order valence-corrected chi connectivity index (χ2v) is 7.08. The predicted molar refractivity (Wildman–Crippen MR) is 85.2 cm³/mol. The number of piperidine rings is 1. The Morgan fingerprint density at radius 1 is 1.32 bits per heavy atom. The van der Waals surface area contributed by atoms with E-state index >= 15 is 0 Å². The molecule has 0 radical (unpaired) electrons. The van der Waals surface area contributed by atoms with Gasteiger partial charge in [0.25, 0.3) is 0 Å². The van der Waals surface area contributed by atoms with Gasteiger partial charge in [0, 0.05) is 25.6 Å². The molecular weight excluding hydrogens is 280 g/mol. The van der Waals surface area contributed by atoms with E-state index in [1.807, 2.05) is 18.7 Å². The molecule has 2 fully saturated rings. The minimum Gasteiger partial charge on any atom is -0.388 e. The molecule has 2 atom stereocenters. The maximum Gasteiger partial charge on any atom is 0.225 e. The molecule has 1 saturated heterocycles. The van der Waals surface area contributed by atoms with Gasteiger partial charge in [-0.15, -0.1) is 0 Å². The lowest BCUT2D eigenvalue weighted by Crippen LogP contribution is -2.49. The van der Waals surface area contributed by atoms with E-state index < -0.39 is 5.60 Å². The van der Waals surface area contributed by atoms with Gasteiger partial charge in [-0.25, -0.2) is 0 Å². The Bertz CT molecular complexity index is 405. The van der Waals surface area contributed by atoms with Crippen molar-refractivity contribution in [3.63, 3.8) is 0 Å². The first-order valence-electron chi connectivity index (χ1n) is 8.74. The summed E-state index contributed by atoms with van der Waals surface area (Å²) >= 11 is 0. The fraction of sp³-hybridized carbons (Fsp3) is 0.882. The van der Waals surface area contributed by atoms with Gasteiger partial charge >= 0.3 is 0 Å². The van der Waals surface area contributed by atoms with Crippen molar-refractivity contribution in [1.82, 2.24) is 10.2 Å². The highest BCUT2D eigenvalue weighted by molar-refractivity contribution is 5.82. The standard InChI is InChI=1S/C17H30N2O3/c1-3-13(2)16(21)19-10-6-7-14(11-19)15(20)18-12-17(22)8-4-5-9-17/h13-14,22H,3-12H2,1-2H3,(H,18,20). The van der Waals surface area contributed by atoms with E-state index in [2.05, 4.69) is 5.32 Å². The number of nitrogens with one attached hydrogen (secondary N) is 1. The van der Waals surface area contributed by atoms with E-state index in [1.54, 1.807) is 0 Å². The van der Waals surface area contributed by atoms with Gasteiger partial charge in [-0.05, 0) is 32.1 Å². The van der Waals surface area contributed by atoms with Gasteiger partial charge in [0.1, 0.15) is 0 Å². The Balaban J connectivity index is 1.83. The number of carbonyl (C=O) groups is 2. The zero-order chi connectivity index (χ0) is 16.2. The van der Waals surface area contributed by atoms with E-state index in [9.17, 15) is 14.7 Å². The average Bonchev–Trinajstić information content (AvgIpc) is 2.98. The highest BCUT2D eigenvalue weighted by Crippen LogP contribution is 2.29. The topological polar surface area (TPSA) is 69.6 Å². The van der Waals surface area contributed by atoms with Crippen LogP contribution in [0.15, 0.2) is 0 Å². The molecule has 5 nitrogen and oxygen atoms in total. The molecule has 0 spiro atoms. The molecule has 1 aliphatic heterocycles. The lowest BCUT2D eigenvalue weighted by atomic mass is 9.95. The van der Waals surface area contributed by atoms with Crippen molar-refractivity contribution in [2.75, 3.05) is 19.6 Å². The first-order chi connectivity index (χ1) is 10.4. The number of amides is 2. The highest BCUT2D eigenvalue weighted by Gasteiger charge is 2.34. The minimum absolute atomic E-state index is 0.0121. The smallest absolute Gasteiger partial charge is 0.225 e. The van der Waals surface area contributed by atoms with Crippen LogP contribution in [0, 0.1) is 11.8 Å². The lowest BCUT2D eigenvalue weighted by molar-refractivity contribution is -0.139. The molecule has 0 bridgehead atoms. The SMILES string of the molecule is CCC(C)C(=O)N1CCCC(C(=O)NCC2(O)CCCC2)C1. The quantitative estimate of drug-likeness (QED) is 0.812. The molecule has 22 heavy (non-hydrogen) atoms. The Morgan fingerprint density at radius 3 is 2.64 bits per heavy atom. The molecular formula is C17H30N2O3. The monoisotopic (exact) mass is 310 g/mol. The van der Waals surface area contributed by atoms with Crippen molar-refractivity contribution in [2.45, 2.75) is 64.4 Å². The molecule has 0 aromatic carbocycles. The van der Waals surface area contributed by atoms with Crippen LogP contribution in [0.3, 0.4) is 0 Å². The van der Waals surface area contributed by atoms with E-state index in [4.69, 9.17) is 0 Å². The summed E-state index contributed by atoms with van der Waals surface area (Å²) in [5, 5.41) is 13.2. The van der Waals surface area contributed by atoms with Gasteiger partial charge in [0.05, 0.1) is 11.5 Å². The van der Waals surface area contributed by atoms with E-state index in [1.165, 1.54) is 0 Å². The molecule has 2 N–H and O–H groups in total. The second-order valence-electron chi connectivity index (χ2n) is 7.08. The summed E-state index contributed by atoms with van der Waals surface area (Å²) in [6, 6.07) is 0. The first kappa shape index (κ1) is 17.3. The van der Waals surface area contributed by atoms with E-state index in [-0.39, 0.29) is 23.7 Å². The average molecular weight is 310 g/mol. The molecule has 1 heterocycles. The molecule has 2 rings (SSSR count). The van der Waals surface area contributed by atoms with Crippen LogP contribution < -0.4 is 5.32 Å². The van der Waals surface area contributed by atoms with Crippen LogP contribution in [0.1, 0.15) is 58.8 Å². The first-order valence-corrected chi connectivity index (χ1v) is 8.74. The maximum atomic E-state index is 12.3. The fourth-order valence-corrected chi connectivity index (χ4v) is 3.48. The Morgan fingerprint density at radius 2 is 2.00 bits per heavy atom. The summed E-state index contributed by atoms with van der Waals surface area (Å²) in [5.41, 5.74) is -0.712. The number of rotatable bonds is 5. The van der Waals surface area contributed by atoms with Gasteiger partial charge in [-0.2, -0.15) is 0 Å². The summed E-state index contributed by atoms with van der Waals surface area (Å²) in [6.07, 6.45) is 6.16. The van der Waals surface area contributed by atoms with Crippen molar-refractivity contribution in [2.24, 2.45) is 11.8 Å². The summed E-state index contributed by atoms with van der Waals surface area (Å²) < 4.78 is 0. The summed E-state index contributed by atoms with van der Waals surface area (Å²) in [4.78, 5) is 26.5. The van der Waals surface area contributed by atoms with Crippen LogP contribution >= 0.6 is 0 Å². The number of aliphatic hydroxyl groups is 1. The van der Waals surface area contributed by atoms with Crippen molar-refractivity contribution in [3.8, 4) is 0 Å². The number of hydrogen-bond acceptors (Lipinski definition) is 3. The highest BCUT2D eigenvalue weighted by atomic mass is 16.3. The molecule has 2 amide bonds. The molecule has 126 valence electrons. The van der Waals surface area contributed by atoms with Gasteiger partial charge in [0.15, 0.2) is 0 Å². The van der Waals surface area contributed by atoms with Crippen molar-refractivity contribution >= 4 is 11.8 Å². The third-order valence-electron chi connectivity index (χ3n) is 5.26. The van der Waals surface area contributed by atoms with Crippen molar-refractivity contribution in [1.29, 1.82) is 0 Å². The maximum absolute atomic E-state index is 12.3. The molecule has 0 aromatic rings. The van der Waals surface area contributed by atoms with Gasteiger partial charge in [0.2, 0.25) is 11.8 Å². The largest absolute Gasteiger partial charge is 0.388 e. The van der Waals surface area contributed by atoms with Crippen molar-refractivity contribution < 1.29 is 14.7 Å². The molecule has 5 heteroatoms. The van der Waals surface area contributed by atoms with E-state index in [0.717, 1.165) is 51.5 Å². The van der Waals surface area contributed by atoms with Crippen molar-refractivity contribution in [3.05, 3.63) is 0 Å². The number of carbonyl (C=O) groups excluding carboxylic acids is 2. The van der Waals surface area contributed by atoms with Crippen LogP contribution in [-0.4, -0.2) is 47.1 Å². The van der Waals surface area contributed by atoms with Gasteiger partial charge in [-0.3, -0.25) is 9.59 Å². The third kappa shape index (κ3) is 4.22. The Kier molecular flexibility index (Phi) is 5.84. The fourth-order valence-electron chi connectivity index (χ4n) is 3.48. The summed E-state index contributed by atoms with van der Waals surface area (Å²) in [7, 11) is 0. The molecule has 1 saturated carbocycles. The second kappa shape index (κ2) is 7.44. The number of hydrogen-bond donors (Lipinski definition) is 2. The Hall–Kier alpha value is -1.10. The summed E-state index contributed by atoms with van der Waals surface area (Å²) in [5.74, 6) is 0.0455. The number of nitrogens with zero attached hydrogens (tertiary/aromatic N) is 1. The zero-order valence-electron chi connectivity index (χ0n) is 13.9. The lowest BCUT2D eigenvalue weighted by Gasteiger charge is -2.34. The predicted octanol–water partition coefficient (Wildman–Crippen LogP) is 1.69. The van der Waals surface area contributed by atoms with Crippen LogP contribution in [0.4, 0.5) is 0 Å². The van der Waals surface area contributed by atoms with E-state index in [0.29, 0.717) is 13.1 Å². The van der Waals surface area contributed by atoms with Crippen LogP contribution in [0.5, 0.6) is 0 Å². The van der Waals surface area contributed by atoms with Gasteiger partial charge < -0.3 is 15.3 Å².